The van der Waals surface area contributed by atoms with Crippen LogP contribution in [0.5, 0.6) is 0 Å². The van der Waals surface area contributed by atoms with Gasteiger partial charge in [0.15, 0.2) is 4.91 Å². The molecule has 0 unspecified atom stereocenters. The largest absolute Gasteiger partial charge is 0.416 e. The summed E-state index contributed by atoms with van der Waals surface area (Å²) >= 11 is 2.80. The highest BCUT2D eigenvalue weighted by atomic mass is 32.2. The Bertz CT molecular complexity index is 905. The number of thioether (sulfide) groups is 1. The Morgan fingerprint density at radius 3 is 2.29 bits per heavy atom. The number of hydrogen-bond donors (Lipinski definition) is 0. The third-order valence-electron chi connectivity index (χ3n) is 2.97. The van der Waals surface area contributed by atoms with Gasteiger partial charge < -0.3 is 0 Å². The van der Waals surface area contributed by atoms with Crippen molar-refractivity contribution in [3.05, 3.63) is 51.7 Å². The van der Waals surface area contributed by atoms with Gasteiger partial charge in [0.1, 0.15) is 6.07 Å². The maximum Gasteiger partial charge on any atom is 0.416 e. The fraction of sp³-hybridized carbons (Fsp3) is 0.133. The Morgan fingerprint density at radius 2 is 1.83 bits per heavy atom. The highest BCUT2D eigenvalue weighted by Crippen LogP contribution is 2.32. The van der Waals surface area contributed by atoms with Gasteiger partial charge in [-0.15, -0.1) is 23.1 Å². The van der Waals surface area contributed by atoms with Gasteiger partial charge in [0.25, 0.3) is 0 Å². The monoisotopic (exact) mass is 389 g/mol. The van der Waals surface area contributed by atoms with Crippen LogP contribution in [-0.4, -0.2) is 14.7 Å². The quantitative estimate of drug-likeness (QED) is 0.555. The van der Waals surface area contributed by atoms with Crippen LogP contribution >= 0.6 is 23.1 Å². The van der Waals surface area contributed by atoms with Crippen LogP contribution in [-0.2, 0) is 16.0 Å². The number of sulfone groups is 1. The zero-order chi connectivity index (χ0) is 18.0. The van der Waals surface area contributed by atoms with E-state index >= 15 is 0 Å². The second-order valence-corrected chi connectivity index (χ2v) is 8.65. The van der Waals surface area contributed by atoms with Gasteiger partial charge in [-0.1, -0.05) is 0 Å². The third-order valence-corrected chi connectivity index (χ3v) is 6.76. The van der Waals surface area contributed by atoms with Crippen molar-refractivity contribution in [2.45, 2.75) is 15.3 Å². The molecule has 0 saturated heterocycles. The van der Waals surface area contributed by atoms with Crippen LogP contribution in [0.25, 0.3) is 6.08 Å². The van der Waals surface area contributed by atoms with Crippen LogP contribution in [0, 0.1) is 11.3 Å². The predicted octanol–water partition coefficient (Wildman–Crippen LogP) is 4.83. The van der Waals surface area contributed by atoms with Crippen molar-refractivity contribution in [3.63, 3.8) is 0 Å². The van der Waals surface area contributed by atoms with Crippen molar-refractivity contribution >= 4 is 39.0 Å². The summed E-state index contributed by atoms with van der Waals surface area (Å²) in [5.41, 5.74) is -0.952. The van der Waals surface area contributed by atoms with E-state index in [4.69, 9.17) is 5.26 Å². The summed E-state index contributed by atoms with van der Waals surface area (Å²) in [5, 5.41) is 9.15. The average Bonchev–Trinajstić information content (AvgIpc) is 2.99. The van der Waals surface area contributed by atoms with Crippen LogP contribution in [0.4, 0.5) is 13.2 Å². The number of nitriles is 1. The fourth-order valence-electron chi connectivity index (χ4n) is 1.77. The molecular formula is C15H10F3NO2S3. The Labute approximate surface area is 145 Å². The van der Waals surface area contributed by atoms with Crippen LogP contribution in [0.2, 0.25) is 0 Å². The van der Waals surface area contributed by atoms with E-state index < -0.39 is 26.5 Å². The van der Waals surface area contributed by atoms with Crippen molar-refractivity contribution in [3.8, 4) is 6.07 Å². The van der Waals surface area contributed by atoms with Crippen molar-refractivity contribution in [2.24, 2.45) is 0 Å². The Hall–Kier alpha value is -1.76. The van der Waals surface area contributed by atoms with E-state index in [1.54, 1.807) is 18.2 Å². The lowest BCUT2D eigenvalue weighted by Gasteiger charge is -2.07. The minimum atomic E-state index is -4.55. The summed E-state index contributed by atoms with van der Waals surface area (Å²) in [6.07, 6.45) is -1.47. The maximum atomic E-state index is 12.6. The van der Waals surface area contributed by atoms with Crippen LogP contribution in [0.15, 0.2) is 50.4 Å². The lowest BCUT2D eigenvalue weighted by atomic mass is 10.2. The van der Waals surface area contributed by atoms with Gasteiger partial charge in [-0.05, 0) is 48.7 Å². The summed E-state index contributed by atoms with van der Waals surface area (Å²) in [6.45, 7) is 0. The standard InChI is InChI=1S/C15H10F3NO2S3/c1-22-14-7-4-11(23-14)8-13(9-19)24(20,21)12-5-2-10(3-6-12)15(16,17)18/h2-8H,1H3/b13-8-. The van der Waals surface area contributed by atoms with Crippen LogP contribution in [0.3, 0.4) is 0 Å². The van der Waals surface area contributed by atoms with Crippen LogP contribution in [0.1, 0.15) is 10.4 Å². The first-order valence-corrected chi connectivity index (χ1v) is 9.89. The van der Waals surface area contributed by atoms with E-state index in [9.17, 15) is 21.6 Å². The maximum absolute atomic E-state index is 12.6. The molecule has 0 aliphatic carbocycles. The van der Waals surface area contributed by atoms with Gasteiger partial charge in [0, 0.05) is 4.88 Å². The first kappa shape index (κ1) is 18.6. The number of rotatable bonds is 4. The molecule has 0 N–H and O–H groups in total. The molecule has 2 rings (SSSR count). The molecule has 1 aromatic carbocycles. The normalized spacial score (nSPS) is 12.9. The molecule has 0 aliphatic heterocycles. The molecule has 1 heterocycles. The molecule has 0 atom stereocenters. The minimum Gasteiger partial charge on any atom is -0.218 e. The first-order valence-electron chi connectivity index (χ1n) is 6.36. The minimum absolute atomic E-state index is 0.357. The molecule has 0 aliphatic rings. The van der Waals surface area contributed by atoms with Gasteiger partial charge in [-0.3, -0.25) is 0 Å². The van der Waals surface area contributed by atoms with Gasteiger partial charge >= 0.3 is 6.18 Å². The van der Waals surface area contributed by atoms with E-state index in [2.05, 4.69) is 0 Å². The van der Waals surface area contributed by atoms with E-state index in [1.165, 1.54) is 29.2 Å². The summed E-state index contributed by atoms with van der Waals surface area (Å²) in [7, 11) is -4.18. The van der Waals surface area contributed by atoms with Gasteiger partial charge in [0.2, 0.25) is 9.84 Å². The summed E-state index contributed by atoms with van der Waals surface area (Å²) < 4.78 is 63.5. The zero-order valence-electron chi connectivity index (χ0n) is 12.2. The molecule has 0 fully saturated rings. The molecule has 9 heteroatoms. The lowest BCUT2D eigenvalue weighted by Crippen LogP contribution is -2.07. The number of thiophene rings is 1. The second kappa shape index (κ2) is 7.01. The molecule has 24 heavy (non-hydrogen) atoms. The third kappa shape index (κ3) is 4.01. The van der Waals surface area contributed by atoms with Crippen molar-refractivity contribution < 1.29 is 21.6 Å². The number of alkyl halides is 3. The summed E-state index contributed by atoms with van der Waals surface area (Å²) in [6, 6.07) is 8.14. The van der Waals surface area contributed by atoms with E-state index in [0.717, 1.165) is 16.3 Å². The molecule has 0 radical (unpaired) electrons. The van der Waals surface area contributed by atoms with E-state index in [1.807, 2.05) is 6.26 Å². The highest BCUT2D eigenvalue weighted by Gasteiger charge is 2.31. The molecule has 3 nitrogen and oxygen atoms in total. The molecule has 1 aromatic heterocycles. The Morgan fingerprint density at radius 1 is 1.21 bits per heavy atom. The zero-order valence-corrected chi connectivity index (χ0v) is 14.6. The van der Waals surface area contributed by atoms with Gasteiger partial charge in [-0.25, -0.2) is 8.42 Å². The number of hydrogen-bond acceptors (Lipinski definition) is 5. The van der Waals surface area contributed by atoms with Gasteiger partial charge in [0.05, 0.1) is 14.7 Å². The smallest absolute Gasteiger partial charge is 0.218 e. The van der Waals surface area contributed by atoms with Crippen molar-refractivity contribution in [2.75, 3.05) is 6.26 Å². The molecule has 0 spiro atoms. The summed E-state index contributed by atoms with van der Waals surface area (Å²) in [5.74, 6) is 0. The Kier molecular flexibility index (Phi) is 5.42. The van der Waals surface area contributed by atoms with E-state index in [0.29, 0.717) is 17.0 Å². The van der Waals surface area contributed by atoms with Crippen molar-refractivity contribution in [1.29, 1.82) is 5.26 Å². The molecule has 0 bridgehead atoms. The van der Waals surface area contributed by atoms with E-state index in [-0.39, 0.29) is 4.90 Å². The molecule has 0 saturated carbocycles. The number of nitrogens with zero attached hydrogens (tertiary/aromatic N) is 1. The number of halogens is 3. The Balaban J connectivity index is 2.42. The molecule has 0 amide bonds. The molecule has 126 valence electrons. The lowest BCUT2D eigenvalue weighted by molar-refractivity contribution is -0.137. The van der Waals surface area contributed by atoms with Crippen molar-refractivity contribution in [1.82, 2.24) is 0 Å². The first-order chi connectivity index (χ1) is 11.2. The topological polar surface area (TPSA) is 57.9 Å². The SMILES string of the molecule is CSc1ccc(/C=C(/C#N)S(=O)(=O)c2ccc(C(F)(F)F)cc2)s1. The molecule has 2 aromatic rings. The average molecular weight is 389 g/mol. The molecular weight excluding hydrogens is 379 g/mol. The number of benzene rings is 1. The highest BCUT2D eigenvalue weighted by molar-refractivity contribution is 8.00. The van der Waals surface area contributed by atoms with Crippen LogP contribution < -0.4 is 0 Å². The number of allylic oxidation sites excluding steroid dienone is 1. The predicted molar refractivity (Wildman–Crippen MR) is 88.3 cm³/mol. The fourth-order valence-corrected chi connectivity index (χ4v) is 4.50. The second-order valence-electron chi connectivity index (χ2n) is 4.51. The summed E-state index contributed by atoms with van der Waals surface area (Å²) in [4.78, 5) is -0.298. The van der Waals surface area contributed by atoms with Gasteiger partial charge in [-0.2, -0.15) is 18.4 Å².